The fourth-order valence-corrected chi connectivity index (χ4v) is 4.61. The standard InChI is InChI=1S/C12H17BrClNO2S2/c1-3-18-7-6-9(2)15-19(16,17)12-5-4-10(13)8-11(12)14/h4-5,8-9,15H,3,6-7H2,1-2H3. The molecule has 0 aliphatic rings. The molecule has 0 heterocycles. The highest BCUT2D eigenvalue weighted by Gasteiger charge is 2.20. The maximum atomic E-state index is 12.2. The number of hydrogen-bond acceptors (Lipinski definition) is 3. The van der Waals surface area contributed by atoms with Gasteiger partial charge in [-0.05, 0) is 43.0 Å². The van der Waals surface area contributed by atoms with Crippen LogP contribution in [0.1, 0.15) is 20.3 Å². The Morgan fingerprint density at radius 2 is 2.16 bits per heavy atom. The molecule has 0 bridgehead atoms. The van der Waals surface area contributed by atoms with Gasteiger partial charge in [0.25, 0.3) is 0 Å². The molecule has 3 nitrogen and oxygen atoms in total. The van der Waals surface area contributed by atoms with Crippen LogP contribution in [0.4, 0.5) is 0 Å². The molecule has 0 aliphatic heterocycles. The van der Waals surface area contributed by atoms with Crippen LogP contribution in [0.15, 0.2) is 27.6 Å². The van der Waals surface area contributed by atoms with E-state index in [4.69, 9.17) is 11.6 Å². The summed E-state index contributed by atoms with van der Waals surface area (Å²) in [6.07, 6.45) is 0.798. The van der Waals surface area contributed by atoms with Crippen molar-refractivity contribution in [2.75, 3.05) is 11.5 Å². The summed E-state index contributed by atoms with van der Waals surface area (Å²) < 4.78 is 27.8. The topological polar surface area (TPSA) is 46.2 Å². The number of hydrogen-bond donors (Lipinski definition) is 1. The minimum Gasteiger partial charge on any atom is -0.208 e. The highest BCUT2D eigenvalue weighted by molar-refractivity contribution is 9.10. The van der Waals surface area contributed by atoms with E-state index in [-0.39, 0.29) is 16.0 Å². The Balaban J connectivity index is 2.75. The van der Waals surface area contributed by atoms with Gasteiger partial charge in [-0.2, -0.15) is 11.8 Å². The normalized spacial score (nSPS) is 13.5. The molecule has 1 unspecified atom stereocenters. The molecule has 19 heavy (non-hydrogen) atoms. The molecule has 1 aromatic rings. The van der Waals surface area contributed by atoms with Crippen LogP contribution in [-0.2, 0) is 10.0 Å². The smallest absolute Gasteiger partial charge is 0.208 e. The average molecular weight is 387 g/mol. The predicted molar refractivity (Wildman–Crippen MR) is 86.6 cm³/mol. The second-order valence-electron chi connectivity index (χ2n) is 4.08. The fourth-order valence-electron chi connectivity index (χ4n) is 1.48. The minimum absolute atomic E-state index is 0.108. The van der Waals surface area contributed by atoms with Gasteiger partial charge >= 0.3 is 0 Å². The van der Waals surface area contributed by atoms with Crippen molar-refractivity contribution in [3.8, 4) is 0 Å². The van der Waals surface area contributed by atoms with Crippen LogP contribution in [-0.4, -0.2) is 26.0 Å². The Labute approximate surface area is 132 Å². The lowest BCUT2D eigenvalue weighted by molar-refractivity contribution is 0.557. The summed E-state index contributed by atoms with van der Waals surface area (Å²) in [5.41, 5.74) is 0. The first-order valence-corrected chi connectivity index (χ1v) is 9.73. The molecule has 0 saturated heterocycles. The van der Waals surface area contributed by atoms with E-state index in [0.29, 0.717) is 0 Å². The van der Waals surface area contributed by atoms with Crippen molar-refractivity contribution in [1.29, 1.82) is 0 Å². The molecule has 0 amide bonds. The third-order valence-corrected chi connectivity index (χ3v) is 5.94. The molecule has 0 saturated carbocycles. The van der Waals surface area contributed by atoms with Crippen molar-refractivity contribution < 1.29 is 8.42 Å². The zero-order valence-electron chi connectivity index (χ0n) is 10.8. The van der Waals surface area contributed by atoms with Crippen LogP contribution in [0.2, 0.25) is 5.02 Å². The Morgan fingerprint density at radius 3 is 2.74 bits per heavy atom. The number of sulfonamides is 1. The van der Waals surface area contributed by atoms with Gasteiger partial charge in [-0.3, -0.25) is 0 Å². The van der Waals surface area contributed by atoms with Gasteiger partial charge in [-0.1, -0.05) is 34.5 Å². The van der Waals surface area contributed by atoms with E-state index in [1.54, 1.807) is 23.9 Å². The molecule has 1 atom stereocenters. The number of rotatable bonds is 7. The summed E-state index contributed by atoms with van der Waals surface area (Å²) in [6.45, 7) is 3.95. The summed E-state index contributed by atoms with van der Waals surface area (Å²) in [6, 6.07) is 4.64. The van der Waals surface area contributed by atoms with Crippen LogP contribution in [0.3, 0.4) is 0 Å². The van der Waals surface area contributed by atoms with E-state index >= 15 is 0 Å². The number of benzene rings is 1. The van der Waals surface area contributed by atoms with Gasteiger partial charge in [0.05, 0.1) is 5.02 Å². The predicted octanol–water partition coefficient (Wildman–Crippen LogP) is 3.91. The summed E-state index contributed by atoms with van der Waals surface area (Å²) in [5.74, 6) is 1.98. The largest absolute Gasteiger partial charge is 0.242 e. The number of thioether (sulfide) groups is 1. The molecule has 1 rings (SSSR count). The molecule has 108 valence electrons. The summed E-state index contributed by atoms with van der Waals surface area (Å²) in [7, 11) is -3.56. The lowest BCUT2D eigenvalue weighted by Gasteiger charge is -2.14. The van der Waals surface area contributed by atoms with E-state index in [9.17, 15) is 8.42 Å². The first-order valence-electron chi connectivity index (χ1n) is 5.92. The highest BCUT2D eigenvalue weighted by Crippen LogP contribution is 2.25. The molecule has 0 fully saturated rings. The van der Waals surface area contributed by atoms with Crippen LogP contribution in [0.25, 0.3) is 0 Å². The van der Waals surface area contributed by atoms with E-state index in [1.165, 1.54) is 6.07 Å². The van der Waals surface area contributed by atoms with E-state index in [2.05, 4.69) is 27.6 Å². The van der Waals surface area contributed by atoms with E-state index in [0.717, 1.165) is 22.4 Å². The van der Waals surface area contributed by atoms with E-state index in [1.807, 2.05) is 6.92 Å². The van der Waals surface area contributed by atoms with Crippen LogP contribution >= 0.6 is 39.3 Å². The van der Waals surface area contributed by atoms with Crippen molar-refractivity contribution in [2.24, 2.45) is 0 Å². The zero-order chi connectivity index (χ0) is 14.5. The highest BCUT2D eigenvalue weighted by atomic mass is 79.9. The van der Waals surface area contributed by atoms with Crippen LogP contribution < -0.4 is 4.72 Å². The van der Waals surface area contributed by atoms with Gasteiger partial charge < -0.3 is 0 Å². The monoisotopic (exact) mass is 385 g/mol. The zero-order valence-corrected chi connectivity index (χ0v) is 14.8. The molecule has 7 heteroatoms. The van der Waals surface area contributed by atoms with Crippen molar-refractivity contribution in [1.82, 2.24) is 4.72 Å². The summed E-state index contributed by atoms with van der Waals surface area (Å²) in [4.78, 5) is 0.118. The molecule has 1 aromatic carbocycles. The number of nitrogens with one attached hydrogen (secondary N) is 1. The SMILES string of the molecule is CCSCCC(C)NS(=O)(=O)c1ccc(Br)cc1Cl. The number of halogens is 2. The molecular formula is C12H17BrClNO2S2. The molecule has 0 spiro atoms. The second-order valence-corrected chi connectivity index (χ2v) is 8.48. The maximum absolute atomic E-state index is 12.2. The Kier molecular flexibility index (Phi) is 7.18. The van der Waals surface area contributed by atoms with Gasteiger partial charge in [0.2, 0.25) is 10.0 Å². The molecule has 1 N–H and O–H groups in total. The van der Waals surface area contributed by atoms with Crippen LogP contribution in [0, 0.1) is 0 Å². The maximum Gasteiger partial charge on any atom is 0.242 e. The van der Waals surface area contributed by atoms with Gasteiger partial charge in [-0.15, -0.1) is 0 Å². The van der Waals surface area contributed by atoms with Crippen LogP contribution in [0.5, 0.6) is 0 Å². The van der Waals surface area contributed by atoms with Gasteiger partial charge in [0.15, 0.2) is 0 Å². The third kappa shape index (κ3) is 5.63. The third-order valence-electron chi connectivity index (χ3n) is 2.44. The first-order chi connectivity index (χ1) is 8.86. The van der Waals surface area contributed by atoms with Gasteiger partial charge in [0, 0.05) is 10.5 Å². The average Bonchev–Trinajstić information content (AvgIpc) is 2.27. The fraction of sp³-hybridized carbons (Fsp3) is 0.500. The Morgan fingerprint density at radius 1 is 1.47 bits per heavy atom. The Bertz CT molecular complexity index is 522. The molecule has 0 aromatic heterocycles. The lowest BCUT2D eigenvalue weighted by Crippen LogP contribution is -2.33. The lowest BCUT2D eigenvalue weighted by atomic mass is 10.3. The van der Waals surface area contributed by atoms with Crippen molar-refractivity contribution in [2.45, 2.75) is 31.2 Å². The minimum atomic E-state index is -3.56. The quantitative estimate of drug-likeness (QED) is 0.723. The van der Waals surface area contributed by atoms with Crippen molar-refractivity contribution in [3.05, 3.63) is 27.7 Å². The Hall–Kier alpha value is 0.250. The molecule has 0 radical (unpaired) electrons. The van der Waals surface area contributed by atoms with Gasteiger partial charge in [0.1, 0.15) is 4.90 Å². The molecule has 0 aliphatic carbocycles. The summed E-state index contributed by atoms with van der Waals surface area (Å²) in [5, 5.41) is 0.219. The van der Waals surface area contributed by atoms with E-state index < -0.39 is 10.0 Å². The second kappa shape index (κ2) is 7.88. The van der Waals surface area contributed by atoms with Crippen molar-refractivity contribution in [3.63, 3.8) is 0 Å². The first kappa shape index (κ1) is 17.3. The van der Waals surface area contributed by atoms with Gasteiger partial charge in [-0.25, -0.2) is 13.1 Å². The summed E-state index contributed by atoms with van der Waals surface area (Å²) >= 11 is 11.0. The van der Waals surface area contributed by atoms with Crippen molar-refractivity contribution >= 4 is 49.3 Å². The molecular weight excluding hydrogens is 370 g/mol.